The Balaban J connectivity index is 1.57. The maximum absolute atomic E-state index is 11.8. The minimum absolute atomic E-state index is 0.0416. The first-order chi connectivity index (χ1) is 14.4. The molecule has 0 saturated carbocycles. The molecule has 3 N–H and O–H groups in total. The zero-order valence-corrected chi connectivity index (χ0v) is 20.2. The van der Waals surface area contributed by atoms with E-state index in [1.807, 2.05) is 6.20 Å². The van der Waals surface area contributed by atoms with Crippen molar-refractivity contribution in [2.24, 2.45) is 5.41 Å². The van der Waals surface area contributed by atoms with E-state index in [2.05, 4.69) is 62.1 Å². The van der Waals surface area contributed by atoms with Crippen LogP contribution in [0, 0.1) is 5.41 Å². The average molecular weight is 450 g/mol. The predicted molar refractivity (Wildman–Crippen MR) is 122 cm³/mol. The van der Waals surface area contributed by atoms with Crippen LogP contribution in [0.2, 0.25) is 0 Å². The lowest BCUT2D eigenvalue weighted by Gasteiger charge is -2.46. The molecule has 172 valence electrons. The molecule has 0 bridgehead atoms. The van der Waals surface area contributed by atoms with E-state index in [4.69, 9.17) is 4.42 Å². The fourth-order valence-corrected chi connectivity index (χ4v) is 4.92. The van der Waals surface area contributed by atoms with Crippen molar-refractivity contribution < 1.29 is 14.3 Å². The minimum Gasteiger partial charge on any atom is -0.465 e. The molecular formula is C22H35N5O3S. The summed E-state index contributed by atoms with van der Waals surface area (Å²) in [6.45, 7) is 14.4. The van der Waals surface area contributed by atoms with E-state index < -0.39 is 6.09 Å². The van der Waals surface area contributed by atoms with Gasteiger partial charge < -0.3 is 25.1 Å². The maximum atomic E-state index is 11.8. The fraction of sp³-hybridized carbons (Fsp3) is 0.682. The van der Waals surface area contributed by atoms with Gasteiger partial charge in [0.1, 0.15) is 5.76 Å². The Labute approximate surface area is 188 Å². The number of aromatic nitrogens is 2. The summed E-state index contributed by atoms with van der Waals surface area (Å²) in [5.41, 5.74) is -0.218. The van der Waals surface area contributed by atoms with Gasteiger partial charge in [-0.25, -0.2) is 14.8 Å². The Morgan fingerprint density at radius 2 is 1.97 bits per heavy atom. The lowest BCUT2D eigenvalue weighted by molar-refractivity contribution is 0.0519. The van der Waals surface area contributed by atoms with Gasteiger partial charge in [0.05, 0.1) is 18.8 Å². The number of piperidine rings is 1. The Hall–Kier alpha value is -2.13. The number of nitrogens with one attached hydrogen (secondary N) is 2. The molecular weight excluding hydrogens is 414 g/mol. The molecule has 1 saturated heterocycles. The van der Waals surface area contributed by atoms with E-state index in [-0.39, 0.29) is 22.9 Å². The number of nitrogens with zero attached hydrogens (tertiary/aromatic N) is 3. The maximum Gasteiger partial charge on any atom is 0.407 e. The highest BCUT2D eigenvalue weighted by Crippen LogP contribution is 2.34. The monoisotopic (exact) mass is 449 g/mol. The van der Waals surface area contributed by atoms with E-state index in [9.17, 15) is 9.90 Å². The molecule has 0 aliphatic carbocycles. The standard InChI is InChI=1S/C22H35N5O3S/c1-21(2,3)16-12-24-17(30-16)13-23-10-14-11-25-19(31-14)26-15-8-7-9-27(20(28)29)18(15)22(4,5)6/h11-12,15,18,23H,7-10,13H2,1-6H3,(H,25,26)(H,28,29). The zero-order chi connectivity index (χ0) is 22.8. The van der Waals surface area contributed by atoms with Crippen LogP contribution in [-0.2, 0) is 18.5 Å². The van der Waals surface area contributed by atoms with Crippen LogP contribution in [0.1, 0.15) is 70.9 Å². The summed E-state index contributed by atoms with van der Waals surface area (Å²) < 4.78 is 5.81. The average Bonchev–Trinajstić information content (AvgIpc) is 3.30. The second kappa shape index (κ2) is 9.16. The first-order valence-electron chi connectivity index (χ1n) is 10.8. The van der Waals surface area contributed by atoms with E-state index in [1.54, 1.807) is 22.4 Å². The van der Waals surface area contributed by atoms with Crippen LogP contribution in [0.15, 0.2) is 16.8 Å². The molecule has 1 aliphatic heterocycles. The van der Waals surface area contributed by atoms with Gasteiger partial charge in [0.15, 0.2) is 5.13 Å². The fourth-order valence-electron chi connectivity index (χ4n) is 4.08. The molecule has 0 radical (unpaired) electrons. The summed E-state index contributed by atoms with van der Waals surface area (Å²) in [5, 5.41) is 17.4. The molecule has 2 aromatic rings. The van der Waals surface area contributed by atoms with Gasteiger partial charge in [-0.3, -0.25) is 0 Å². The van der Waals surface area contributed by atoms with Crippen molar-refractivity contribution in [3.05, 3.63) is 28.9 Å². The van der Waals surface area contributed by atoms with Crippen LogP contribution in [0.3, 0.4) is 0 Å². The molecule has 1 fully saturated rings. The van der Waals surface area contributed by atoms with E-state index in [0.29, 0.717) is 25.5 Å². The minimum atomic E-state index is -0.850. The lowest BCUT2D eigenvalue weighted by Crippen LogP contribution is -2.58. The van der Waals surface area contributed by atoms with Gasteiger partial charge in [0.25, 0.3) is 0 Å². The number of likely N-dealkylation sites (tertiary alicyclic amines) is 1. The normalized spacial score (nSPS) is 20.1. The largest absolute Gasteiger partial charge is 0.465 e. The predicted octanol–water partition coefficient (Wildman–Crippen LogP) is 4.69. The van der Waals surface area contributed by atoms with Gasteiger partial charge in [-0.05, 0) is 18.3 Å². The number of thiazole rings is 1. The molecule has 3 heterocycles. The molecule has 2 unspecified atom stereocenters. The van der Waals surface area contributed by atoms with Gasteiger partial charge in [0, 0.05) is 35.6 Å². The van der Waals surface area contributed by atoms with E-state index in [1.165, 1.54) is 0 Å². The summed E-state index contributed by atoms with van der Waals surface area (Å²) in [6, 6.07) is -0.0637. The molecule has 0 aromatic carbocycles. The molecule has 3 rings (SSSR count). The Morgan fingerprint density at radius 3 is 2.58 bits per heavy atom. The topological polar surface area (TPSA) is 104 Å². The first-order valence-corrected chi connectivity index (χ1v) is 11.6. The Morgan fingerprint density at radius 1 is 1.23 bits per heavy atom. The van der Waals surface area contributed by atoms with Gasteiger partial charge >= 0.3 is 6.09 Å². The van der Waals surface area contributed by atoms with Crippen molar-refractivity contribution >= 4 is 22.6 Å². The lowest BCUT2D eigenvalue weighted by atomic mass is 9.78. The first kappa shape index (κ1) is 23.5. The van der Waals surface area contributed by atoms with Crippen LogP contribution in [-0.4, -0.2) is 44.7 Å². The third-order valence-electron chi connectivity index (χ3n) is 5.49. The molecule has 9 heteroatoms. The van der Waals surface area contributed by atoms with Crippen molar-refractivity contribution in [3.8, 4) is 0 Å². The quantitative estimate of drug-likeness (QED) is 0.588. The molecule has 31 heavy (non-hydrogen) atoms. The second-order valence-corrected chi connectivity index (χ2v) is 11.4. The highest BCUT2D eigenvalue weighted by molar-refractivity contribution is 7.15. The molecule has 2 atom stereocenters. The van der Waals surface area contributed by atoms with Crippen LogP contribution in [0.4, 0.5) is 9.93 Å². The van der Waals surface area contributed by atoms with Crippen molar-refractivity contribution in [3.63, 3.8) is 0 Å². The summed E-state index contributed by atoms with van der Waals surface area (Å²) in [5.74, 6) is 1.56. The van der Waals surface area contributed by atoms with Crippen LogP contribution in [0.25, 0.3) is 0 Å². The van der Waals surface area contributed by atoms with E-state index >= 15 is 0 Å². The van der Waals surface area contributed by atoms with Crippen LogP contribution in [0.5, 0.6) is 0 Å². The number of carboxylic acid groups (broad SMARTS) is 1. The summed E-state index contributed by atoms with van der Waals surface area (Å²) in [6.07, 6.45) is 4.58. The van der Waals surface area contributed by atoms with Crippen molar-refractivity contribution in [1.29, 1.82) is 0 Å². The summed E-state index contributed by atoms with van der Waals surface area (Å²) in [7, 11) is 0. The molecule has 1 aliphatic rings. The number of amides is 1. The van der Waals surface area contributed by atoms with Crippen LogP contribution < -0.4 is 10.6 Å². The van der Waals surface area contributed by atoms with Crippen molar-refractivity contribution in [2.75, 3.05) is 11.9 Å². The number of oxazole rings is 1. The van der Waals surface area contributed by atoms with E-state index in [0.717, 1.165) is 28.6 Å². The molecule has 2 aromatic heterocycles. The number of hydrogen-bond donors (Lipinski definition) is 3. The highest BCUT2D eigenvalue weighted by Gasteiger charge is 2.42. The third-order valence-corrected chi connectivity index (χ3v) is 6.42. The molecule has 8 nitrogen and oxygen atoms in total. The Bertz CT molecular complexity index is 880. The number of hydrogen-bond acceptors (Lipinski definition) is 7. The van der Waals surface area contributed by atoms with Gasteiger partial charge in [0.2, 0.25) is 5.89 Å². The molecule has 1 amide bonds. The Kier molecular flexibility index (Phi) is 6.95. The number of rotatable bonds is 6. The smallest absolute Gasteiger partial charge is 0.407 e. The summed E-state index contributed by atoms with van der Waals surface area (Å²) >= 11 is 1.59. The van der Waals surface area contributed by atoms with Gasteiger partial charge in [-0.1, -0.05) is 41.5 Å². The van der Waals surface area contributed by atoms with Gasteiger partial charge in [-0.15, -0.1) is 11.3 Å². The highest BCUT2D eigenvalue weighted by atomic mass is 32.1. The van der Waals surface area contributed by atoms with Crippen molar-refractivity contribution in [1.82, 2.24) is 20.2 Å². The molecule has 0 spiro atoms. The SMILES string of the molecule is CC(C)(C)c1cnc(CNCc2cnc(NC3CCCN(C(=O)O)C3C(C)(C)C)s2)o1. The number of anilines is 1. The second-order valence-electron chi connectivity index (χ2n) is 10.3. The van der Waals surface area contributed by atoms with Crippen LogP contribution >= 0.6 is 11.3 Å². The van der Waals surface area contributed by atoms with Gasteiger partial charge in [-0.2, -0.15) is 0 Å². The van der Waals surface area contributed by atoms with Crippen molar-refractivity contribution in [2.45, 2.75) is 85.0 Å². The summed E-state index contributed by atoms with van der Waals surface area (Å²) in [4.78, 5) is 23.3. The number of carbonyl (C=O) groups is 1. The zero-order valence-electron chi connectivity index (χ0n) is 19.4. The third kappa shape index (κ3) is 5.98.